The first-order chi connectivity index (χ1) is 15.3. The number of carboxylic acid groups (broad SMARTS) is 1. The van der Waals surface area contributed by atoms with Crippen molar-refractivity contribution in [2.45, 2.75) is 51.6 Å². The van der Waals surface area contributed by atoms with Gasteiger partial charge in [0.15, 0.2) is 0 Å². The van der Waals surface area contributed by atoms with Crippen LogP contribution in [0.5, 0.6) is 0 Å². The number of alkyl carbamates (subject to hydrolysis) is 1. The highest BCUT2D eigenvalue weighted by Crippen LogP contribution is 2.44. The van der Waals surface area contributed by atoms with Crippen molar-refractivity contribution >= 4 is 18.0 Å². The van der Waals surface area contributed by atoms with Gasteiger partial charge < -0.3 is 20.5 Å². The lowest BCUT2D eigenvalue weighted by atomic mass is 9.98. The van der Waals surface area contributed by atoms with Gasteiger partial charge in [-0.3, -0.25) is 4.79 Å². The summed E-state index contributed by atoms with van der Waals surface area (Å²) in [6, 6.07) is 14.2. The number of benzene rings is 2. The van der Waals surface area contributed by atoms with Crippen molar-refractivity contribution in [3.63, 3.8) is 0 Å². The summed E-state index contributed by atoms with van der Waals surface area (Å²) in [7, 11) is 0. The van der Waals surface area contributed by atoms with Crippen molar-refractivity contribution in [2.24, 2.45) is 5.92 Å². The SMILES string of the molecule is CCCC(NC(=O)[C@H](NC(=O)OCC1c2ccccc2-c2ccccc21)C(C)C)C(=O)O. The third-order valence-corrected chi connectivity index (χ3v) is 5.76. The average molecular weight is 439 g/mol. The second kappa shape index (κ2) is 10.3. The zero-order chi connectivity index (χ0) is 23.3. The number of hydrogen-bond donors (Lipinski definition) is 3. The lowest BCUT2D eigenvalue weighted by Gasteiger charge is -2.24. The largest absolute Gasteiger partial charge is 0.480 e. The van der Waals surface area contributed by atoms with Gasteiger partial charge in [-0.1, -0.05) is 75.7 Å². The fourth-order valence-corrected chi connectivity index (χ4v) is 4.11. The highest BCUT2D eigenvalue weighted by Gasteiger charge is 2.31. The van der Waals surface area contributed by atoms with E-state index in [-0.39, 0.29) is 18.4 Å². The van der Waals surface area contributed by atoms with Gasteiger partial charge in [0.2, 0.25) is 5.91 Å². The van der Waals surface area contributed by atoms with Crippen molar-refractivity contribution in [1.82, 2.24) is 10.6 Å². The first-order valence-electron chi connectivity index (χ1n) is 11.0. The van der Waals surface area contributed by atoms with Crippen molar-refractivity contribution in [3.05, 3.63) is 59.7 Å². The number of fused-ring (bicyclic) bond motifs is 3. The Hall–Kier alpha value is -3.35. The van der Waals surface area contributed by atoms with E-state index in [1.807, 2.05) is 43.3 Å². The molecule has 2 atom stereocenters. The maximum absolute atomic E-state index is 12.7. The minimum absolute atomic E-state index is 0.0829. The fourth-order valence-electron chi connectivity index (χ4n) is 4.11. The van der Waals surface area contributed by atoms with Crippen molar-refractivity contribution in [2.75, 3.05) is 6.61 Å². The molecule has 170 valence electrons. The zero-order valence-corrected chi connectivity index (χ0v) is 18.6. The van der Waals surface area contributed by atoms with E-state index < -0.39 is 30.1 Å². The Labute approximate surface area is 188 Å². The molecule has 2 amide bonds. The van der Waals surface area contributed by atoms with Gasteiger partial charge in [-0.25, -0.2) is 9.59 Å². The number of carbonyl (C=O) groups excluding carboxylic acids is 2. The maximum Gasteiger partial charge on any atom is 0.407 e. The van der Waals surface area contributed by atoms with Gasteiger partial charge in [0.1, 0.15) is 18.7 Å². The fraction of sp³-hybridized carbons (Fsp3) is 0.400. The topological polar surface area (TPSA) is 105 Å². The van der Waals surface area contributed by atoms with Crippen LogP contribution in [0.25, 0.3) is 11.1 Å². The van der Waals surface area contributed by atoms with Crippen LogP contribution in [0, 0.1) is 5.92 Å². The van der Waals surface area contributed by atoms with E-state index >= 15 is 0 Å². The number of hydrogen-bond acceptors (Lipinski definition) is 4. The van der Waals surface area contributed by atoms with Gasteiger partial charge in [0, 0.05) is 5.92 Å². The average Bonchev–Trinajstić information content (AvgIpc) is 3.09. The van der Waals surface area contributed by atoms with E-state index in [2.05, 4.69) is 22.8 Å². The molecule has 0 heterocycles. The molecule has 0 bridgehead atoms. The Balaban J connectivity index is 1.65. The molecular formula is C25H30N2O5. The first-order valence-corrected chi connectivity index (χ1v) is 11.0. The second-order valence-electron chi connectivity index (χ2n) is 8.38. The van der Waals surface area contributed by atoms with Crippen LogP contribution in [0.15, 0.2) is 48.5 Å². The summed E-state index contributed by atoms with van der Waals surface area (Å²) in [5, 5.41) is 14.4. The highest BCUT2D eigenvalue weighted by molar-refractivity contribution is 5.89. The summed E-state index contributed by atoms with van der Waals surface area (Å²) in [4.78, 5) is 36.6. The monoisotopic (exact) mass is 438 g/mol. The van der Waals surface area contributed by atoms with E-state index in [0.29, 0.717) is 12.8 Å². The Morgan fingerprint density at radius 2 is 1.53 bits per heavy atom. The summed E-state index contributed by atoms with van der Waals surface area (Å²) >= 11 is 0. The lowest BCUT2D eigenvalue weighted by Crippen LogP contribution is -2.53. The van der Waals surface area contributed by atoms with Crippen LogP contribution >= 0.6 is 0 Å². The molecule has 0 aromatic heterocycles. The summed E-state index contributed by atoms with van der Waals surface area (Å²) in [5.74, 6) is -1.95. The summed E-state index contributed by atoms with van der Waals surface area (Å²) in [6.45, 7) is 5.55. The highest BCUT2D eigenvalue weighted by atomic mass is 16.5. The third-order valence-electron chi connectivity index (χ3n) is 5.76. The summed E-state index contributed by atoms with van der Waals surface area (Å²) < 4.78 is 5.52. The molecular weight excluding hydrogens is 408 g/mol. The number of rotatable bonds is 9. The van der Waals surface area contributed by atoms with E-state index in [0.717, 1.165) is 22.3 Å². The zero-order valence-electron chi connectivity index (χ0n) is 18.6. The summed E-state index contributed by atoms with van der Waals surface area (Å²) in [6.07, 6.45) is 0.225. The van der Waals surface area contributed by atoms with Crippen LogP contribution in [0.1, 0.15) is 50.7 Å². The molecule has 1 aliphatic rings. The molecule has 0 saturated carbocycles. The van der Waals surface area contributed by atoms with Gasteiger partial charge >= 0.3 is 12.1 Å². The Morgan fingerprint density at radius 3 is 2.03 bits per heavy atom. The van der Waals surface area contributed by atoms with Crippen LogP contribution in [0.2, 0.25) is 0 Å². The van der Waals surface area contributed by atoms with Crippen molar-refractivity contribution in [3.8, 4) is 11.1 Å². The predicted octanol–water partition coefficient (Wildman–Crippen LogP) is 3.92. The molecule has 0 spiro atoms. The maximum atomic E-state index is 12.7. The van der Waals surface area contributed by atoms with E-state index in [4.69, 9.17) is 4.74 Å². The van der Waals surface area contributed by atoms with Gasteiger partial charge in [-0.2, -0.15) is 0 Å². The van der Waals surface area contributed by atoms with E-state index in [1.54, 1.807) is 13.8 Å². The molecule has 7 nitrogen and oxygen atoms in total. The van der Waals surface area contributed by atoms with Crippen LogP contribution in [-0.2, 0) is 14.3 Å². The van der Waals surface area contributed by atoms with Crippen molar-refractivity contribution in [1.29, 1.82) is 0 Å². The second-order valence-corrected chi connectivity index (χ2v) is 8.38. The van der Waals surface area contributed by atoms with E-state index in [9.17, 15) is 19.5 Å². The summed E-state index contributed by atoms with van der Waals surface area (Å²) in [5.41, 5.74) is 4.46. The molecule has 1 unspecified atom stereocenters. The Bertz CT molecular complexity index is 942. The van der Waals surface area contributed by atoms with Gasteiger partial charge in [0.25, 0.3) is 0 Å². The molecule has 2 aromatic carbocycles. The van der Waals surface area contributed by atoms with E-state index in [1.165, 1.54) is 0 Å². The number of carboxylic acids is 1. The molecule has 0 fully saturated rings. The standard InChI is InChI=1S/C25H30N2O5/c1-4-9-21(24(29)30)26-23(28)22(15(2)3)27-25(31)32-14-20-18-12-7-5-10-16(18)17-11-6-8-13-19(17)20/h5-8,10-13,15,20-22H,4,9,14H2,1-3H3,(H,26,28)(H,27,31)(H,29,30)/t21?,22-/m1/s1. The first kappa shape index (κ1) is 23.3. The number of amides is 2. The van der Waals surface area contributed by atoms with Crippen LogP contribution in [0.3, 0.4) is 0 Å². The van der Waals surface area contributed by atoms with Crippen molar-refractivity contribution < 1.29 is 24.2 Å². The Kier molecular flexibility index (Phi) is 7.51. The van der Waals surface area contributed by atoms with Crippen LogP contribution in [0.4, 0.5) is 4.79 Å². The molecule has 0 aliphatic heterocycles. The number of ether oxygens (including phenoxy) is 1. The van der Waals surface area contributed by atoms with Gasteiger partial charge in [-0.15, -0.1) is 0 Å². The molecule has 1 aliphatic carbocycles. The van der Waals surface area contributed by atoms with Gasteiger partial charge in [-0.05, 0) is 34.6 Å². The Morgan fingerprint density at radius 1 is 0.969 bits per heavy atom. The van der Waals surface area contributed by atoms with Gasteiger partial charge in [0.05, 0.1) is 0 Å². The number of aliphatic carboxylic acids is 1. The minimum Gasteiger partial charge on any atom is -0.480 e. The normalized spacial score (nSPS) is 14.2. The third kappa shape index (κ3) is 5.10. The number of carbonyl (C=O) groups is 3. The van der Waals surface area contributed by atoms with Crippen LogP contribution in [-0.4, -0.2) is 41.8 Å². The molecule has 0 saturated heterocycles. The molecule has 32 heavy (non-hydrogen) atoms. The molecule has 3 N–H and O–H groups in total. The molecule has 2 aromatic rings. The number of nitrogens with one attached hydrogen (secondary N) is 2. The minimum atomic E-state index is -1.09. The lowest BCUT2D eigenvalue weighted by molar-refractivity contribution is -0.142. The molecule has 3 rings (SSSR count). The quantitative estimate of drug-likeness (QED) is 0.550. The predicted molar refractivity (Wildman–Crippen MR) is 121 cm³/mol. The smallest absolute Gasteiger partial charge is 0.407 e. The van der Waals surface area contributed by atoms with Crippen LogP contribution < -0.4 is 10.6 Å². The molecule has 7 heteroatoms. The molecule has 0 radical (unpaired) electrons.